The van der Waals surface area contributed by atoms with Gasteiger partial charge in [0.05, 0.1) is 6.54 Å². The Balaban J connectivity index is 1.72. The number of pyridine rings is 1. The third-order valence-electron chi connectivity index (χ3n) is 2.41. The smallest absolute Gasteiger partial charge is 0.251 e. The molecule has 5 heteroatoms. The number of aromatic nitrogens is 1. The molecular weight excluding hydrogens is 247 g/mol. The maximum absolute atomic E-state index is 12.7. The summed E-state index contributed by atoms with van der Waals surface area (Å²) in [5.74, 6) is 0.0861. The lowest BCUT2D eigenvalue weighted by Crippen LogP contribution is -2.28. The third-order valence-corrected chi connectivity index (χ3v) is 2.41. The molecule has 0 aliphatic carbocycles. The summed E-state index contributed by atoms with van der Waals surface area (Å²) in [5.41, 5.74) is 0.553. The molecule has 1 aromatic heterocycles. The molecule has 0 aliphatic rings. The van der Waals surface area contributed by atoms with E-state index in [2.05, 4.69) is 10.3 Å². The van der Waals surface area contributed by atoms with Crippen molar-refractivity contribution in [3.63, 3.8) is 0 Å². The van der Waals surface area contributed by atoms with E-state index in [9.17, 15) is 9.18 Å². The molecule has 0 unspecified atom stereocenters. The van der Waals surface area contributed by atoms with Crippen LogP contribution in [0.15, 0.2) is 48.8 Å². The van der Waals surface area contributed by atoms with E-state index in [4.69, 9.17) is 4.74 Å². The molecule has 2 rings (SSSR count). The van der Waals surface area contributed by atoms with Gasteiger partial charge >= 0.3 is 0 Å². The fraction of sp³-hybridized carbons (Fsp3) is 0.143. The number of nitrogens with one attached hydrogen (secondary N) is 1. The summed E-state index contributed by atoms with van der Waals surface area (Å²) < 4.78 is 18.0. The van der Waals surface area contributed by atoms with Crippen LogP contribution in [-0.4, -0.2) is 24.0 Å². The lowest BCUT2D eigenvalue weighted by molar-refractivity contribution is 0.0947. The molecule has 2 aromatic rings. The van der Waals surface area contributed by atoms with Crippen molar-refractivity contribution in [3.8, 4) is 5.75 Å². The monoisotopic (exact) mass is 260 g/mol. The predicted octanol–water partition coefficient (Wildman–Crippen LogP) is 2.03. The Morgan fingerprint density at radius 1 is 1.16 bits per heavy atom. The Bertz CT molecular complexity index is 529. The van der Waals surface area contributed by atoms with Crippen LogP contribution in [-0.2, 0) is 0 Å². The number of rotatable bonds is 5. The van der Waals surface area contributed by atoms with Crippen molar-refractivity contribution in [2.24, 2.45) is 0 Å². The van der Waals surface area contributed by atoms with Crippen molar-refractivity contribution >= 4 is 5.91 Å². The lowest BCUT2D eigenvalue weighted by atomic mass is 10.2. The van der Waals surface area contributed by atoms with E-state index in [0.29, 0.717) is 24.5 Å². The van der Waals surface area contributed by atoms with Gasteiger partial charge in [0.2, 0.25) is 0 Å². The number of amides is 1. The average Bonchev–Trinajstić information content (AvgIpc) is 2.46. The van der Waals surface area contributed by atoms with Crippen LogP contribution in [0, 0.1) is 5.82 Å². The van der Waals surface area contributed by atoms with Crippen LogP contribution in [0.3, 0.4) is 0 Å². The molecule has 1 amide bonds. The topological polar surface area (TPSA) is 51.2 Å². The van der Waals surface area contributed by atoms with E-state index in [1.54, 1.807) is 36.7 Å². The predicted molar refractivity (Wildman–Crippen MR) is 68.5 cm³/mol. The Hall–Kier alpha value is -2.43. The maximum atomic E-state index is 12.7. The molecule has 1 heterocycles. The van der Waals surface area contributed by atoms with Crippen molar-refractivity contribution in [2.45, 2.75) is 0 Å². The van der Waals surface area contributed by atoms with Gasteiger partial charge in [0.25, 0.3) is 5.91 Å². The summed E-state index contributed by atoms with van der Waals surface area (Å²) in [5, 5.41) is 2.71. The summed E-state index contributed by atoms with van der Waals surface area (Å²) >= 11 is 0. The molecule has 0 atom stereocenters. The quantitative estimate of drug-likeness (QED) is 0.837. The number of hydrogen-bond acceptors (Lipinski definition) is 3. The molecule has 0 fully saturated rings. The fourth-order valence-corrected chi connectivity index (χ4v) is 1.47. The van der Waals surface area contributed by atoms with Crippen LogP contribution in [0.5, 0.6) is 5.75 Å². The highest BCUT2D eigenvalue weighted by Crippen LogP contribution is 2.10. The second-order valence-electron chi connectivity index (χ2n) is 3.79. The van der Waals surface area contributed by atoms with Crippen molar-refractivity contribution in [1.82, 2.24) is 10.3 Å². The minimum absolute atomic E-state index is 0.176. The lowest BCUT2D eigenvalue weighted by Gasteiger charge is -2.07. The van der Waals surface area contributed by atoms with Gasteiger partial charge in [-0.2, -0.15) is 0 Å². The summed E-state index contributed by atoms with van der Waals surface area (Å²) in [7, 11) is 0. The summed E-state index contributed by atoms with van der Waals surface area (Å²) in [6, 6.07) is 9.00. The highest BCUT2D eigenvalue weighted by Gasteiger charge is 2.03. The van der Waals surface area contributed by atoms with Gasteiger partial charge in [-0.25, -0.2) is 4.39 Å². The molecule has 0 aliphatic heterocycles. The molecule has 4 nitrogen and oxygen atoms in total. The summed E-state index contributed by atoms with van der Waals surface area (Å²) in [6.45, 7) is 0.695. The molecular formula is C14H13FN2O2. The first kappa shape index (κ1) is 13.0. The van der Waals surface area contributed by atoms with E-state index in [1.165, 1.54) is 12.1 Å². The van der Waals surface area contributed by atoms with E-state index in [0.717, 1.165) is 0 Å². The number of halogens is 1. The first-order chi connectivity index (χ1) is 9.25. The maximum Gasteiger partial charge on any atom is 0.251 e. The van der Waals surface area contributed by atoms with Crippen LogP contribution in [0.2, 0.25) is 0 Å². The number of benzene rings is 1. The molecule has 0 radical (unpaired) electrons. The summed E-state index contributed by atoms with van der Waals surface area (Å²) in [4.78, 5) is 15.5. The van der Waals surface area contributed by atoms with Crippen LogP contribution >= 0.6 is 0 Å². The van der Waals surface area contributed by atoms with Crippen molar-refractivity contribution < 1.29 is 13.9 Å². The molecule has 0 saturated carbocycles. The van der Waals surface area contributed by atoms with Crippen LogP contribution < -0.4 is 10.1 Å². The molecule has 98 valence electrons. The van der Waals surface area contributed by atoms with Gasteiger partial charge in [-0.15, -0.1) is 0 Å². The second-order valence-corrected chi connectivity index (χ2v) is 3.79. The van der Waals surface area contributed by atoms with Crippen LogP contribution in [0.25, 0.3) is 0 Å². The van der Waals surface area contributed by atoms with Crippen molar-refractivity contribution in [3.05, 3.63) is 60.2 Å². The first-order valence-electron chi connectivity index (χ1n) is 5.82. The normalized spacial score (nSPS) is 9.95. The molecule has 0 saturated heterocycles. The van der Waals surface area contributed by atoms with E-state index in [1.807, 2.05) is 0 Å². The standard InChI is InChI=1S/C14H13FN2O2/c15-12-1-3-13(4-2-12)19-10-9-17-14(18)11-5-7-16-8-6-11/h1-8H,9-10H2,(H,17,18). The van der Waals surface area contributed by atoms with Gasteiger partial charge in [-0.3, -0.25) is 9.78 Å². The Morgan fingerprint density at radius 2 is 1.84 bits per heavy atom. The van der Waals surface area contributed by atoms with Crippen LogP contribution in [0.4, 0.5) is 4.39 Å². The van der Waals surface area contributed by atoms with Gasteiger partial charge in [-0.1, -0.05) is 0 Å². The van der Waals surface area contributed by atoms with Crippen LogP contribution in [0.1, 0.15) is 10.4 Å². The molecule has 0 bridgehead atoms. The van der Waals surface area contributed by atoms with Gasteiger partial charge in [0.15, 0.2) is 0 Å². The van der Waals surface area contributed by atoms with E-state index < -0.39 is 0 Å². The Kier molecular flexibility index (Phi) is 4.44. The highest BCUT2D eigenvalue weighted by atomic mass is 19.1. The summed E-state index contributed by atoms with van der Waals surface area (Å²) in [6.07, 6.45) is 3.12. The third kappa shape index (κ3) is 4.06. The van der Waals surface area contributed by atoms with Crippen molar-refractivity contribution in [2.75, 3.05) is 13.2 Å². The number of ether oxygens (including phenoxy) is 1. The Morgan fingerprint density at radius 3 is 2.53 bits per heavy atom. The highest BCUT2D eigenvalue weighted by molar-refractivity contribution is 5.93. The van der Waals surface area contributed by atoms with Gasteiger partial charge in [-0.05, 0) is 36.4 Å². The largest absolute Gasteiger partial charge is 0.492 e. The van der Waals surface area contributed by atoms with Gasteiger partial charge in [0.1, 0.15) is 18.2 Å². The minimum Gasteiger partial charge on any atom is -0.492 e. The average molecular weight is 260 g/mol. The van der Waals surface area contributed by atoms with Gasteiger partial charge < -0.3 is 10.1 Å². The first-order valence-corrected chi connectivity index (χ1v) is 5.82. The molecule has 0 spiro atoms. The number of hydrogen-bond donors (Lipinski definition) is 1. The van der Waals surface area contributed by atoms with E-state index >= 15 is 0 Å². The second kappa shape index (κ2) is 6.49. The zero-order valence-electron chi connectivity index (χ0n) is 10.2. The minimum atomic E-state index is -0.307. The molecule has 1 N–H and O–H groups in total. The van der Waals surface area contributed by atoms with E-state index in [-0.39, 0.29) is 11.7 Å². The molecule has 19 heavy (non-hydrogen) atoms. The fourth-order valence-electron chi connectivity index (χ4n) is 1.47. The number of carbonyl (C=O) groups is 1. The molecule has 1 aromatic carbocycles. The number of nitrogens with zero attached hydrogens (tertiary/aromatic N) is 1. The Labute approximate surface area is 110 Å². The SMILES string of the molecule is O=C(NCCOc1ccc(F)cc1)c1ccncc1. The zero-order chi connectivity index (χ0) is 13.5. The van der Waals surface area contributed by atoms with Crippen molar-refractivity contribution in [1.29, 1.82) is 0 Å². The number of carbonyl (C=O) groups excluding carboxylic acids is 1. The zero-order valence-corrected chi connectivity index (χ0v) is 10.2. The van der Waals surface area contributed by atoms with Gasteiger partial charge in [0, 0.05) is 18.0 Å².